The third-order valence-corrected chi connectivity index (χ3v) is 3.20. The number of carbonyl (C=O) groups is 2. The number of hydrogen-bond donors (Lipinski definition) is 0. The molecule has 0 amide bonds. The zero-order chi connectivity index (χ0) is 14.4. The Balaban J connectivity index is 3.44. The highest BCUT2D eigenvalue weighted by Gasteiger charge is 2.35. The van der Waals surface area contributed by atoms with Crippen molar-refractivity contribution in [2.75, 3.05) is 14.2 Å². The number of methoxy groups -OCH3 is 2. The number of hydrogen-bond acceptors (Lipinski definition) is 6. The van der Waals surface area contributed by atoms with Crippen LogP contribution < -0.4 is 0 Å². The fraction of sp³-hybridized carbons (Fsp3) is 0.250. The van der Waals surface area contributed by atoms with Crippen LogP contribution in [0.3, 0.4) is 0 Å². The molecule has 0 saturated carbocycles. The van der Waals surface area contributed by atoms with Crippen LogP contribution in [-0.4, -0.2) is 39.4 Å². The topological polar surface area (TPSA) is 86.7 Å². The largest absolute Gasteiger partial charge is 0.468 e. The SMILES string of the molecule is COC(=O)C(C(=O)OC)C(c1ccccc1)=S(=O)=O. The van der Waals surface area contributed by atoms with Crippen molar-refractivity contribution >= 4 is 27.1 Å². The second-order valence-corrected chi connectivity index (χ2v) is 4.35. The number of ether oxygens (including phenoxy) is 2. The van der Waals surface area contributed by atoms with Crippen molar-refractivity contribution in [3.05, 3.63) is 35.9 Å². The molecule has 0 aliphatic carbocycles. The molecule has 0 aliphatic rings. The highest BCUT2D eigenvalue weighted by Crippen LogP contribution is 2.13. The summed E-state index contributed by atoms with van der Waals surface area (Å²) in [5.41, 5.74) is 0.233. The maximum absolute atomic E-state index is 11.6. The van der Waals surface area contributed by atoms with Gasteiger partial charge < -0.3 is 9.47 Å². The van der Waals surface area contributed by atoms with Gasteiger partial charge in [0.25, 0.3) is 0 Å². The summed E-state index contributed by atoms with van der Waals surface area (Å²) in [5.74, 6) is -3.61. The molecule has 102 valence electrons. The molecule has 19 heavy (non-hydrogen) atoms. The Morgan fingerprint density at radius 3 is 1.84 bits per heavy atom. The minimum atomic E-state index is -2.76. The van der Waals surface area contributed by atoms with Gasteiger partial charge in [-0.15, -0.1) is 0 Å². The predicted molar refractivity (Wildman–Crippen MR) is 67.0 cm³/mol. The van der Waals surface area contributed by atoms with Gasteiger partial charge in [0.05, 0.1) is 14.2 Å². The first-order chi connectivity index (χ1) is 9.02. The first-order valence-corrected chi connectivity index (χ1v) is 6.27. The molecular weight excluding hydrogens is 272 g/mol. The summed E-state index contributed by atoms with van der Waals surface area (Å²) in [7, 11) is -0.636. The van der Waals surface area contributed by atoms with Gasteiger partial charge in [-0.25, -0.2) is 0 Å². The van der Waals surface area contributed by atoms with E-state index < -0.39 is 28.1 Å². The highest BCUT2D eigenvalue weighted by atomic mass is 32.2. The molecule has 0 spiro atoms. The molecule has 0 heterocycles. The average molecular weight is 284 g/mol. The Hall–Kier alpha value is -2.15. The van der Waals surface area contributed by atoms with Crippen molar-refractivity contribution in [1.82, 2.24) is 0 Å². The zero-order valence-corrected chi connectivity index (χ0v) is 11.1. The summed E-state index contributed by atoms with van der Waals surface area (Å²) in [6, 6.07) is 7.82. The van der Waals surface area contributed by atoms with Gasteiger partial charge in [0.2, 0.25) is 10.3 Å². The average Bonchev–Trinajstić information content (AvgIpc) is 2.43. The van der Waals surface area contributed by atoms with Crippen molar-refractivity contribution in [2.45, 2.75) is 0 Å². The lowest BCUT2D eigenvalue weighted by Crippen LogP contribution is -2.34. The molecule has 7 heteroatoms. The summed E-state index contributed by atoms with van der Waals surface area (Å²) in [6.45, 7) is 0. The van der Waals surface area contributed by atoms with E-state index in [0.29, 0.717) is 0 Å². The van der Waals surface area contributed by atoms with Crippen LogP contribution in [0, 0.1) is 5.92 Å². The fourth-order valence-electron chi connectivity index (χ4n) is 1.51. The summed E-state index contributed by atoms with van der Waals surface area (Å²) in [6.07, 6.45) is 0. The Labute approximate surface area is 111 Å². The molecule has 6 nitrogen and oxygen atoms in total. The number of rotatable bonds is 4. The number of esters is 2. The van der Waals surface area contributed by atoms with Crippen LogP contribution in [0.5, 0.6) is 0 Å². The standard InChI is InChI=1S/C12H12O6S/c1-17-11(13)9(12(14)18-2)10(19(15)16)8-6-4-3-5-7-8/h3-7,9H,1-2H3. The van der Waals surface area contributed by atoms with E-state index in [1.165, 1.54) is 12.1 Å². The predicted octanol–water partition coefficient (Wildman–Crippen LogP) is 0.0484. The smallest absolute Gasteiger partial charge is 0.325 e. The van der Waals surface area contributed by atoms with Crippen LogP contribution in [0.25, 0.3) is 0 Å². The van der Waals surface area contributed by atoms with Crippen LogP contribution in [0.1, 0.15) is 5.56 Å². The van der Waals surface area contributed by atoms with E-state index in [2.05, 4.69) is 9.47 Å². The first-order valence-electron chi connectivity index (χ1n) is 5.20. The van der Waals surface area contributed by atoms with Gasteiger partial charge in [-0.2, -0.15) is 8.42 Å². The molecule has 0 aromatic heterocycles. The van der Waals surface area contributed by atoms with Gasteiger partial charge >= 0.3 is 11.9 Å². The summed E-state index contributed by atoms with van der Waals surface area (Å²) in [4.78, 5) is 22.9. The van der Waals surface area contributed by atoms with E-state index in [1.807, 2.05) is 0 Å². The Bertz CT molecular complexity index is 578. The minimum Gasteiger partial charge on any atom is -0.468 e. The molecule has 0 radical (unpaired) electrons. The van der Waals surface area contributed by atoms with E-state index in [0.717, 1.165) is 14.2 Å². The molecule has 0 unspecified atom stereocenters. The van der Waals surface area contributed by atoms with Crippen LogP contribution in [0.2, 0.25) is 0 Å². The Morgan fingerprint density at radius 2 is 1.47 bits per heavy atom. The van der Waals surface area contributed by atoms with E-state index in [-0.39, 0.29) is 10.4 Å². The van der Waals surface area contributed by atoms with E-state index in [1.54, 1.807) is 18.2 Å². The van der Waals surface area contributed by atoms with Gasteiger partial charge in [-0.1, -0.05) is 30.3 Å². The summed E-state index contributed by atoms with van der Waals surface area (Å²) >= 11 is 0. The first kappa shape index (κ1) is 14.9. The van der Waals surface area contributed by atoms with E-state index in [4.69, 9.17) is 0 Å². The van der Waals surface area contributed by atoms with Crippen molar-refractivity contribution in [2.24, 2.45) is 5.92 Å². The molecule has 0 bridgehead atoms. The summed E-state index contributed by atoms with van der Waals surface area (Å²) in [5, 5.41) is 0. The molecule has 0 N–H and O–H groups in total. The maximum atomic E-state index is 11.6. The van der Waals surface area contributed by atoms with E-state index >= 15 is 0 Å². The fourth-order valence-corrected chi connectivity index (χ4v) is 2.22. The lowest BCUT2D eigenvalue weighted by Gasteiger charge is -2.13. The lowest BCUT2D eigenvalue weighted by atomic mass is 9.99. The molecule has 0 atom stereocenters. The minimum absolute atomic E-state index is 0.233. The van der Waals surface area contributed by atoms with Crippen LogP contribution in [0.15, 0.2) is 30.3 Å². The second kappa shape index (κ2) is 6.69. The molecule has 1 rings (SSSR count). The molecular formula is C12H12O6S. The lowest BCUT2D eigenvalue weighted by molar-refractivity contribution is -0.154. The van der Waals surface area contributed by atoms with Crippen molar-refractivity contribution < 1.29 is 27.5 Å². The van der Waals surface area contributed by atoms with Gasteiger partial charge in [0.15, 0.2) is 5.92 Å². The third-order valence-electron chi connectivity index (χ3n) is 2.37. The second-order valence-electron chi connectivity index (χ2n) is 3.44. The van der Waals surface area contributed by atoms with Crippen molar-refractivity contribution in [1.29, 1.82) is 0 Å². The van der Waals surface area contributed by atoms with Gasteiger partial charge in [-0.05, 0) is 5.56 Å². The van der Waals surface area contributed by atoms with Crippen LogP contribution in [0.4, 0.5) is 0 Å². The van der Waals surface area contributed by atoms with Gasteiger partial charge in [0.1, 0.15) is 4.86 Å². The summed E-state index contributed by atoms with van der Waals surface area (Å²) < 4.78 is 31.6. The van der Waals surface area contributed by atoms with Crippen molar-refractivity contribution in [3.8, 4) is 0 Å². The molecule has 1 aromatic rings. The Morgan fingerprint density at radius 1 is 1.00 bits per heavy atom. The molecule has 0 saturated heterocycles. The number of carbonyl (C=O) groups excluding carboxylic acids is 2. The highest BCUT2D eigenvalue weighted by molar-refractivity contribution is 7.73. The molecule has 0 fully saturated rings. The zero-order valence-electron chi connectivity index (χ0n) is 10.3. The van der Waals surface area contributed by atoms with Crippen LogP contribution in [-0.2, 0) is 29.4 Å². The Kier molecular flexibility index (Phi) is 5.25. The van der Waals surface area contributed by atoms with Crippen molar-refractivity contribution in [3.63, 3.8) is 0 Å². The third kappa shape index (κ3) is 3.41. The number of benzene rings is 1. The normalized spacial score (nSPS) is 9.84. The van der Waals surface area contributed by atoms with Gasteiger partial charge in [0, 0.05) is 0 Å². The monoisotopic (exact) mass is 284 g/mol. The van der Waals surface area contributed by atoms with E-state index in [9.17, 15) is 18.0 Å². The quantitative estimate of drug-likeness (QED) is 0.336. The molecule has 0 aliphatic heterocycles. The van der Waals surface area contributed by atoms with Crippen LogP contribution >= 0.6 is 0 Å². The maximum Gasteiger partial charge on any atom is 0.325 e. The molecule has 1 aromatic carbocycles. The van der Waals surface area contributed by atoms with Gasteiger partial charge in [-0.3, -0.25) is 9.59 Å².